The molecule has 0 bridgehead atoms. The van der Waals surface area contributed by atoms with Crippen LogP contribution < -0.4 is 5.19 Å². The molecule has 0 saturated carbocycles. The summed E-state index contributed by atoms with van der Waals surface area (Å²) in [5.41, 5.74) is 5.78. The van der Waals surface area contributed by atoms with Gasteiger partial charge in [0.05, 0.1) is 0 Å². The molecule has 3 aromatic carbocycles. The van der Waals surface area contributed by atoms with Crippen molar-refractivity contribution >= 4 is 24.4 Å². The summed E-state index contributed by atoms with van der Waals surface area (Å²) in [6.45, 7) is 0. The van der Waals surface area contributed by atoms with E-state index in [1.54, 1.807) is 0 Å². The molecule has 2 heteroatoms. The van der Waals surface area contributed by atoms with Crippen molar-refractivity contribution in [3.63, 3.8) is 0 Å². The number of hydrogen-bond acceptors (Lipinski definition) is 0. The van der Waals surface area contributed by atoms with Crippen molar-refractivity contribution in [1.29, 1.82) is 0 Å². The molecule has 101 valence electrons. The van der Waals surface area contributed by atoms with Crippen LogP contribution in [0.2, 0.25) is 0 Å². The number of fused-ring (bicyclic) bond motifs is 3. The van der Waals surface area contributed by atoms with E-state index in [0.29, 0.717) is 5.54 Å². The van der Waals surface area contributed by atoms with Crippen LogP contribution in [0.4, 0.5) is 0 Å². The van der Waals surface area contributed by atoms with Crippen molar-refractivity contribution in [1.82, 2.24) is 0 Å². The first-order valence-electron chi connectivity index (χ1n) is 7.12. The van der Waals surface area contributed by atoms with E-state index >= 15 is 0 Å². The summed E-state index contributed by atoms with van der Waals surface area (Å²) in [5.74, 6) is 0. The average Bonchev–Trinajstić information content (AvgIpc) is 2.90. The zero-order chi connectivity index (χ0) is 14.2. The summed E-state index contributed by atoms with van der Waals surface area (Å²) in [5, 5.41) is 1.28. The Hall–Kier alpha value is -1.83. The Labute approximate surface area is 131 Å². The summed E-state index contributed by atoms with van der Waals surface area (Å²) in [6, 6.07) is 27.9. The Balaban J connectivity index is 1.89. The summed E-state index contributed by atoms with van der Waals surface area (Å²) in [6.07, 6.45) is 0. The maximum Gasteiger partial charge on any atom is 0.212 e. The van der Waals surface area contributed by atoms with Gasteiger partial charge in [-0.25, -0.2) is 0 Å². The predicted octanol–water partition coefficient (Wildman–Crippen LogP) is 4.48. The number of hydrogen-bond donors (Lipinski definition) is 0. The minimum absolute atomic E-state index is 0.325. The van der Waals surface area contributed by atoms with Gasteiger partial charge in [0.1, 0.15) is 0 Å². The van der Waals surface area contributed by atoms with Crippen LogP contribution in [0.15, 0.2) is 78.9 Å². The molecule has 0 spiro atoms. The van der Waals surface area contributed by atoms with Gasteiger partial charge in [0.15, 0.2) is 0 Å². The highest BCUT2D eigenvalue weighted by molar-refractivity contribution is 7.15. The predicted molar refractivity (Wildman–Crippen MR) is 91.4 cm³/mol. The normalized spacial score (nSPS) is 13.2. The largest absolute Gasteiger partial charge is 0.212 e. The molecule has 0 heterocycles. The average molecular weight is 306 g/mol. The maximum absolute atomic E-state index is 6.97. The van der Waals surface area contributed by atoms with E-state index in [0.717, 1.165) is 0 Å². The fourth-order valence-corrected chi connectivity index (χ4v) is 6.17. The van der Waals surface area contributed by atoms with Crippen molar-refractivity contribution in [2.75, 3.05) is 0 Å². The number of halogens is 1. The van der Waals surface area contributed by atoms with Gasteiger partial charge >= 0.3 is 0 Å². The van der Waals surface area contributed by atoms with E-state index in [4.69, 9.17) is 11.1 Å². The molecule has 1 aliphatic carbocycles. The molecular formula is C19H14ClSi. The van der Waals surface area contributed by atoms with E-state index in [2.05, 4.69) is 72.8 Å². The summed E-state index contributed by atoms with van der Waals surface area (Å²) in [7, 11) is -1.20. The molecule has 21 heavy (non-hydrogen) atoms. The van der Waals surface area contributed by atoms with Gasteiger partial charge in [0.2, 0.25) is 8.11 Å². The quantitative estimate of drug-likeness (QED) is 0.484. The molecule has 0 amide bonds. The van der Waals surface area contributed by atoms with E-state index in [1.807, 2.05) is 6.07 Å². The van der Waals surface area contributed by atoms with Crippen LogP contribution in [0.1, 0.15) is 16.7 Å². The monoisotopic (exact) mass is 305 g/mol. The van der Waals surface area contributed by atoms with Crippen molar-refractivity contribution in [3.05, 3.63) is 90.0 Å². The van der Waals surface area contributed by atoms with Gasteiger partial charge in [0.25, 0.3) is 0 Å². The Morgan fingerprint density at radius 2 is 1.10 bits per heavy atom. The molecule has 1 radical (unpaired) electrons. The highest BCUT2D eigenvalue weighted by Crippen LogP contribution is 2.46. The van der Waals surface area contributed by atoms with Gasteiger partial charge < -0.3 is 0 Å². The summed E-state index contributed by atoms with van der Waals surface area (Å²) in [4.78, 5) is 0. The van der Waals surface area contributed by atoms with Gasteiger partial charge in [-0.3, -0.25) is 0 Å². The molecule has 0 unspecified atom stereocenters. The lowest BCUT2D eigenvalue weighted by atomic mass is 10.1. The Morgan fingerprint density at radius 3 is 1.67 bits per heavy atom. The lowest BCUT2D eigenvalue weighted by Crippen LogP contribution is -2.31. The lowest BCUT2D eigenvalue weighted by Gasteiger charge is -2.18. The molecule has 0 N–H and O–H groups in total. The van der Waals surface area contributed by atoms with Crippen molar-refractivity contribution < 1.29 is 0 Å². The molecule has 0 aliphatic heterocycles. The Morgan fingerprint density at radius 1 is 0.619 bits per heavy atom. The molecule has 0 fully saturated rings. The Bertz CT molecular complexity index is 737. The molecule has 0 atom stereocenters. The first-order chi connectivity index (χ1) is 10.4. The van der Waals surface area contributed by atoms with Crippen LogP contribution >= 0.6 is 11.1 Å². The van der Waals surface area contributed by atoms with Crippen molar-refractivity contribution in [2.24, 2.45) is 0 Å². The molecular weight excluding hydrogens is 292 g/mol. The highest BCUT2D eigenvalue weighted by atomic mass is 35.6. The topological polar surface area (TPSA) is 0 Å². The summed E-state index contributed by atoms with van der Waals surface area (Å²) >= 11 is 6.97. The second-order valence-electron chi connectivity index (χ2n) is 5.32. The second-order valence-corrected chi connectivity index (χ2v) is 8.39. The Kier molecular flexibility index (Phi) is 3.17. The molecule has 0 nitrogen and oxygen atoms in total. The van der Waals surface area contributed by atoms with Gasteiger partial charge in [-0.2, -0.15) is 11.1 Å². The van der Waals surface area contributed by atoms with Crippen LogP contribution in [0.25, 0.3) is 11.1 Å². The van der Waals surface area contributed by atoms with Gasteiger partial charge in [0, 0.05) is 5.54 Å². The van der Waals surface area contributed by atoms with E-state index in [-0.39, 0.29) is 0 Å². The fraction of sp³-hybridized carbons (Fsp3) is 0.0526. The van der Waals surface area contributed by atoms with E-state index in [1.165, 1.54) is 27.4 Å². The third-order valence-corrected chi connectivity index (χ3v) is 7.46. The van der Waals surface area contributed by atoms with Crippen LogP contribution in [0.3, 0.4) is 0 Å². The van der Waals surface area contributed by atoms with Gasteiger partial charge in [-0.15, -0.1) is 0 Å². The smallest absolute Gasteiger partial charge is 0.162 e. The third-order valence-electron chi connectivity index (χ3n) is 4.14. The lowest BCUT2D eigenvalue weighted by molar-refractivity contribution is 1.18. The molecule has 0 saturated heterocycles. The summed E-state index contributed by atoms with van der Waals surface area (Å²) < 4.78 is 0. The first-order valence-corrected chi connectivity index (χ1v) is 9.71. The van der Waals surface area contributed by atoms with Crippen LogP contribution in [-0.4, -0.2) is 8.11 Å². The minimum Gasteiger partial charge on any atom is -0.162 e. The molecule has 1 aliphatic rings. The second kappa shape index (κ2) is 5.17. The SMILES string of the molecule is Cl[Si](c1ccccc1)C1c2ccccc2-c2ccccc21. The maximum atomic E-state index is 6.97. The van der Waals surface area contributed by atoms with Crippen molar-refractivity contribution in [2.45, 2.75) is 5.54 Å². The zero-order valence-corrected chi connectivity index (χ0v) is 13.2. The van der Waals surface area contributed by atoms with Gasteiger partial charge in [-0.1, -0.05) is 78.9 Å². The minimum atomic E-state index is -1.20. The molecule has 3 aromatic rings. The van der Waals surface area contributed by atoms with Gasteiger partial charge in [-0.05, 0) is 27.4 Å². The third kappa shape index (κ3) is 2.05. The number of rotatable bonds is 2. The molecule has 0 aromatic heterocycles. The highest BCUT2D eigenvalue weighted by Gasteiger charge is 2.35. The van der Waals surface area contributed by atoms with Crippen molar-refractivity contribution in [3.8, 4) is 11.1 Å². The fourth-order valence-electron chi connectivity index (χ4n) is 3.19. The van der Waals surface area contributed by atoms with Crippen LogP contribution in [-0.2, 0) is 0 Å². The van der Waals surface area contributed by atoms with Crippen LogP contribution in [0, 0.1) is 0 Å². The standard InChI is InChI=1S/C19H14ClSi/c20-21(14-8-2-1-3-9-14)19-17-12-6-4-10-15(17)16-11-5-7-13-18(16)19/h1-13,19H. The van der Waals surface area contributed by atoms with Crippen LogP contribution in [0.5, 0.6) is 0 Å². The van der Waals surface area contributed by atoms with E-state index < -0.39 is 8.11 Å². The first kappa shape index (κ1) is 12.9. The van der Waals surface area contributed by atoms with E-state index in [9.17, 15) is 0 Å². The molecule has 4 rings (SSSR count). The zero-order valence-electron chi connectivity index (χ0n) is 11.5. The number of benzene rings is 3.